The molecule has 0 aliphatic rings. The van der Waals surface area contributed by atoms with E-state index in [4.69, 9.17) is 0 Å². The molecule has 0 fully saturated rings. The van der Waals surface area contributed by atoms with Crippen molar-refractivity contribution < 1.29 is 23.4 Å². The number of carbonyl (C=O) groups excluding carboxylic acids is 1. The lowest BCUT2D eigenvalue weighted by atomic mass is 10.1. The summed E-state index contributed by atoms with van der Waals surface area (Å²) in [4.78, 5) is 23.7. The topological polar surface area (TPSA) is 79.4 Å². The van der Waals surface area contributed by atoms with Crippen molar-refractivity contribution in [3.05, 3.63) is 27.5 Å². The van der Waals surface area contributed by atoms with Crippen LogP contribution in [0.5, 0.6) is 5.88 Å². The van der Waals surface area contributed by atoms with Crippen molar-refractivity contribution >= 4 is 5.97 Å². The molecule has 0 aromatic carbocycles. The van der Waals surface area contributed by atoms with Crippen LogP contribution in [-0.4, -0.2) is 23.2 Å². The van der Waals surface area contributed by atoms with Gasteiger partial charge in [-0.15, -0.1) is 0 Å². The zero-order valence-electron chi connectivity index (χ0n) is 8.29. The van der Waals surface area contributed by atoms with Crippen molar-refractivity contribution in [3.63, 3.8) is 0 Å². The first-order valence-corrected chi connectivity index (χ1v) is 4.25. The summed E-state index contributed by atoms with van der Waals surface area (Å²) in [6.45, 7) is 0. The number of aromatic hydroxyl groups is 1. The standard InChI is InChI=1S/C9H9F2NO4/c1-16-7(14)3-5-4(8(10)11)2-6(13)12-9(5)15/h2,8H,3H2,1H3,(H2,12,13,15). The summed E-state index contributed by atoms with van der Waals surface area (Å²) in [6.07, 6.45) is -3.48. The zero-order valence-corrected chi connectivity index (χ0v) is 8.29. The highest BCUT2D eigenvalue weighted by Gasteiger charge is 2.20. The Morgan fingerprint density at radius 3 is 2.75 bits per heavy atom. The van der Waals surface area contributed by atoms with Crippen LogP contribution in [0.4, 0.5) is 8.78 Å². The molecule has 0 atom stereocenters. The monoisotopic (exact) mass is 233 g/mol. The number of nitrogens with one attached hydrogen (secondary N) is 1. The van der Waals surface area contributed by atoms with E-state index < -0.39 is 35.8 Å². The summed E-state index contributed by atoms with van der Waals surface area (Å²) in [5.41, 5.74) is -1.87. The number of methoxy groups -OCH3 is 1. The molecule has 1 aromatic rings. The Balaban J connectivity index is 3.24. The number of rotatable bonds is 3. The van der Waals surface area contributed by atoms with E-state index in [-0.39, 0.29) is 5.56 Å². The summed E-state index contributed by atoms with van der Waals surface area (Å²) in [6, 6.07) is 0.642. The van der Waals surface area contributed by atoms with Crippen LogP contribution in [0.2, 0.25) is 0 Å². The van der Waals surface area contributed by atoms with Gasteiger partial charge in [-0.2, -0.15) is 0 Å². The highest BCUT2D eigenvalue weighted by molar-refractivity contribution is 5.73. The second kappa shape index (κ2) is 4.73. The molecule has 0 bridgehead atoms. The maximum atomic E-state index is 12.5. The number of carbonyl (C=O) groups is 1. The van der Waals surface area contributed by atoms with Crippen molar-refractivity contribution in [3.8, 4) is 5.88 Å². The van der Waals surface area contributed by atoms with Crippen LogP contribution in [0.1, 0.15) is 17.6 Å². The zero-order chi connectivity index (χ0) is 12.3. The van der Waals surface area contributed by atoms with Gasteiger partial charge >= 0.3 is 5.97 Å². The molecule has 1 aromatic heterocycles. The van der Waals surface area contributed by atoms with E-state index in [0.29, 0.717) is 6.07 Å². The molecule has 2 N–H and O–H groups in total. The molecule has 0 saturated heterocycles. The van der Waals surface area contributed by atoms with E-state index >= 15 is 0 Å². The molecule has 0 aliphatic heterocycles. The SMILES string of the molecule is COC(=O)Cc1c(C(F)F)cc(=O)[nH]c1O. The third-order valence-electron chi connectivity index (χ3n) is 1.95. The lowest BCUT2D eigenvalue weighted by Gasteiger charge is -2.08. The molecular weight excluding hydrogens is 224 g/mol. The van der Waals surface area contributed by atoms with E-state index in [0.717, 1.165) is 7.11 Å². The molecule has 1 rings (SSSR count). The van der Waals surface area contributed by atoms with E-state index in [1.807, 2.05) is 4.98 Å². The quantitative estimate of drug-likeness (QED) is 0.754. The first kappa shape index (κ1) is 12.2. The second-order valence-electron chi connectivity index (χ2n) is 2.97. The normalized spacial score (nSPS) is 10.5. The van der Waals surface area contributed by atoms with Crippen LogP contribution in [0.15, 0.2) is 10.9 Å². The van der Waals surface area contributed by atoms with Gasteiger partial charge in [0.1, 0.15) is 0 Å². The van der Waals surface area contributed by atoms with Crippen LogP contribution in [0, 0.1) is 0 Å². The summed E-state index contributed by atoms with van der Waals surface area (Å²) in [5.74, 6) is -1.53. The Bertz CT molecular complexity index is 455. The molecule has 0 radical (unpaired) electrons. The van der Waals surface area contributed by atoms with Crippen molar-refractivity contribution in [1.29, 1.82) is 0 Å². The second-order valence-corrected chi connectivity index (χ2v) is 2.97. The van der Waals surface area contributed by atoms with E-state index in [1.54, 1.807) is 0 Å². The molecule has 5 nitrogen and oxygen atoms in total. The fourth-order valence-electron chi connectivity index (χ4n) is 1.19. The van der Waals surface area contributed by atoms with Crippen LogP contribution in [0.25, 0.3) is 0 Å². The predicted molar refractivity (Wildman–Crippen MR) is 49.4 cm³/mol. The predicted octanol–water partition coefficient (Wildman–Crippen LogP) is 0.734. The smallest absolute Gasteiger partial charge is 0.310 e. The molecule has 88 valence electrons. The van der Waals surface area contributed by atoms with Gasteiger partial charge in [-0.25, -0.2) is 8.78 Å². The summed E-state index contributed by atoms with van der Waals surface area (Å²) < 4.78 is 29.3. The molecule has 1 heterocycles. The van der Waals surface area contributed by atoms with Crippen LogP contribution < -0.4 is 5.56 Å². The molecule has 0 aliphatic carbocycles. The molecular formula is C9H9F2NO4. The number of aromatic amines is 1. The Kier molecular flexibility index (Phi) is 3.60. The Morgan fingerprint density at radius 1 is 1.62 bits per heavy atom. The van der Waals surface area contributed by atoms with Gasteiger partial charge in [0.05, 0.1) is 13.5 Å². The van der Waals surface area contributed by atoms with Crippen molar-refractivity contribution in [1.82, 2.24) is 4.98 Å². The largest absolute Gasteiger partial charge is 0.494 e. The summed E-state index contributed by atoms with van der Waals surface area (Å²) in [5, 5.41) is 9.27. The summed E-state index contributed by atoms with van der Waals surface area (Å²) in [7, 11) is 1.09. The average Bonchev–Trinajstić information content (AvgIpc) is 2.20. The number of hydrogen-bond donors (Lipinski definition) is 2. The van der Waals surface area contributed by atoms with Crippen LogP contribution >= 0.6 is 0 Å². The van der Waals surface area contributed by atoms with Gasteiger partial charge in [0.2, 0.25) is 0 Å². The molecule has 0 spiro atoms. The molecule has 0 saturated carbocycles. The minimum absolute atomic E-state index is 0.332. The number of pyridine rings is 1. The fourth-order valence-corrected chi connectivity index (χ4v) is 1.19. The Morgan fingerprint density at radius 2 is 2.25 bits per heavy atom. The van der Waals surface area contributed by atoms with Gasteiger partial charge in [0.15, 0.2) is 5.88 Å². The summed E-state index contributed by atoms with van der Waals surface area (Å²) >= 11 is 0. The number of esters is 1. The number of ether oxygens (including phenoxy) is 1. The molecule has 7 heteroatoms. The fraction of sp³-hybridized carbons (Fsp3) is 0.333. The first-order valence-electron chi connectivity index (χ1n) is 4.25. The number of hydrogen-bond acceptors (Lipinski definition) is 4. The average molecular weight is 233 g/mol. The van der Waals surface area contributed by atoms with Gasteiger partial charge in [-0.3, -0.25) is 14.6 Å². The number of H-pyrrole nitrogens is 1. The Hall–Kier alpha value is -1.92. The van der Waals surface area contributed by atoms with Gasteiger partial charge in [0.25, 0.3) is 12.0 Å². The van der Waals surface area contributed by atoms with Gasteiger partial charge in [-0.1, -0.05) is 0 Å². The van der Waals surface area contributed by atoms with Crippen molar-refractivity contribution in [2.75, 3.05) is 7.11 Å². The lowest BCUT2D eigenvalue weighted by Crippen LogP contribution is -2.13. The third kappa shape index (κ3) is 2.56. The van der Waals surface area contributed by atoms with Gasteiger partial charge in [0, 0.05) is 17.2 Å². The Labute approximate surface area is 88.7 Å². The minimum atomic E-state index is -2.95. The maximum Gasteiger partial charge on any atom is 0.310 e. The van der Waals surface area contributed by atoms with Crippen molar-refractivity contribution in [2.24, 2.45) is 0 Å². The van der Waals surface area contributed by atoms with E-state index in [1.165, 1.54) is 0 Å². The van der Waals surface area contributed by atoms with E-state index in [9.17, 15) is 23.5 Å². The van der Waals surface area contributed by atoms with E-state index in [2.05, 4.69) is 4.74 Å². The number of alkyl halides is 2. The number of aromatic nitrogens is 1. The number of halogens is 2. The lowest BCUT2D eigenvalue weighted by molar-refractivity contribution is -0.139. The molecule has 16 heavy (non-hydrogen) atoms. The third-order valence-corrected chi connectivity index (χ3v) is 1.95. The van der Waals surface area contributed by atoms with Crippen LogP contribution in [0.3, 0.4) is 0 Å². The van der Waals surface area contributed by atoms with Crippen molar-refractivity contribution in [2.45, 2.75) is 12.8 Å². The first-order chi connectivity index (χ1) is 7.45. The minimum Gasteiger partial charge on any atom is -0.494 e. The van der Waals surface area contributed by atoms with Gasteiger partial charge in [-0.05, 0) is 0 Å². The highest BCUT2D eigenvalue weighted by atomic mass is 19.3. The molecule has 0 unspecified atom stereocenters. The molecule has 0 amide bonds. The van der Waals surface area contributed by atoms with Crippen LogP contribution in [-0.2, 0) is 16.0 Å². The van der Waals surface area contributed by atoms with Gasteiger partial charge < -0.3 is 9.84 Å². The highest BCUT2D eigenvalue weighted by Crippen LogP contribution is 2.26. The maximum absolute atomic E-state index is 12.5.